The number of aliphatic hydroxyl groups is 3. The lowest BCUT2D eigenvalue weighted by atomic mass is 9.83. The zero-order valence-electron chi connectivity index (χ0n) is 17.6. The van der Waals surface area contributed by atoms with Crippen LogP contribution in [0.1, 0.15) is 65.7 Å². The van der Waals surface area contributed by atoms with Crippen LogP contribution in [-0.4, -0.2) is 57.6 Å². The van der Waals surface area contributed by atoms with Gasteiger partial charge in [0.15, 0.2) is 0 Å². The molecule has 7 nitrogen and oxygen atoms in total. The number of fused-ring (bicyclic) bond motifs is 7. The van der Waals surface area contributed by atoms with Crippen molar-refractivity contribution < 1.29 is 34.4 Å². The van der Waals surface area contributed by atoms with Gasteiger partial charge in [0.1, 0.15) is 17.6 Å². The normalized spacial score (nSPS) is 41.4. The average Bonchev–Trinajstić information content (AvgIpc) is 3.01. The van der Waals surface area contributed by atoms with E-state index in [9.17, 15) is 24.9 Å². The standard InChI is InChI=1S/C22H34O7/c1-4-5-14-18-9-16(24)12(2)8-17(25)20-13(3)10-22(11-23,29-20)7-6-15(19(14)26)21(27)28-18/h12-14,17-18,20,23,25-26H,4-11H2,1-3H3. The average molecular weight is 411 g/mol. The molecule has 4 heterocycles. The van der Waals surface area contributed by atoms with Gasteiger partial charge in [0.2, 0.25) is 0 Å². The van der Waals surface area contributed by atoms with Gasteiger partial charge in [-0.05, 0) is 38.0 Å². The molecule has 2 saturated heterocycles. The maximum absolute atomic E-state index is 12.8. The Balaban J connectivity index is 1.98. The zero-order valence-corrected chi connectivity index (χ0v) is 17.6. The fourth-order valence-corrected chi connectivity index (χ4v) is 5.18. The highest BCUT2D eigenvalue weighted by molar-refractivity contribution is 5.91. The molecule has 0 amide bonds. The molecule has 3 N–H and O–H groups in total. The highest BCUT2D eigenvalue weighted by atomic mass is 16.5. The van der Waals surface area contributed by atoms with Crippen LogP contribution in [0.25, 0.3) is 0 Å². The van der Waals surface area contributed by atoms with Crippen LogP contribution in [0.2, 0.25) is 0 Å². The van der Waals surface area contributed by atoms with Crippen LogP contribution in [-0.2, 0) is 19.1 Å². The third-order valence-electron chi connectivity index (χ3n) is 6.90. The van der Waals surface area contributed by atoms with E-state index in [4.69, 9.17) is 9.47 Å². The quantitative estimate of drug-likeness (QED) is 0.612. The molecule has 2 fully saturated rings. The van der Waals surface area contributed by atoms with Crippen LogP contribution >= 0.6 is 0 Å². The van der Waals surface area contributed by atoms with Gasteiger partial charge < -0.3 is 24.8 Å². The summed E-state index contributed by atoms with van der Waals surface area (Å²) in [4.78, 5) is 25.4. The van der Waals surface area contributed by atoms with Crippen LogP contribution in [0.5, 0.6) is 0 Å². The van der Waals surface area contributed by atoms with Gasteiger partial charge in [0.05, 0.1) is 35.9 Å². The van der Waals surface area contributed by atoms with Gasteiger partial charge in [-0.25, -0.2) is 4.79 Å². The van der Waals surface area contributed by atoms with Crippen molar-refractivity contribution in [3.63, 3.8) is 0 Å². The molecule has 0 aromatic heterocycles. The van der Waals surface area contributed by atoms with Gasteiger partial charge in [-0.3, -0.25) is 4.79 Å². The van der Waals surface area contributed by atoms with Crippen molar-refractivity contribution in [1.82, 2.24) is 0 Å². The Hall–Kier alpha value is -1.44. The molecule has 0 radical (unpaired) electrons. The second-order valence-electron chi connectivity index (χ2n) is 9.18. The molecule has 4 aliphatic heterocycles. The number of hydrogen-bond acceptors (Lipinski definition) is 7. The molecule has 0 aliphatic carbocycles. The molecule has 0 aromatic rings. The fraction of sp³-hybridized carbons (Fsp3) is 0.818. The van der Waals surface area contributed by atoms with Crippen LogP contribution in [0, 0.1) is 17.8 Å². The first-order chi connectivity index (χ1) is 13.7. The topological polar surface area (TPSA) is 113 Å². The molecule has 0 spiro atoms. The lowest BCUT2D eigenvalue weighted by Crippen LogP contribution is -2.41. The highest BCUT2D eigenvalue weighted by Crippen LogP contribution is 2.43. The number of carbonyl (C=O) groups is 2. The number of Topliss-reactive ketones (excluding diaryl/α,β-unsaturated/α-hetero) is 1. The lowest BCUT2D eigenvalue weighted by molar-refractivity contribution is -0.154. The SMILES string of the molecule is CCCC1C(O)=C2CCC3(CO)CC(C)C(O3)C(O)CC(C)C(=O)CC1OC2=O. The third kappa shape index (κ3) is 4.37. The number of aliphatic hydroxyl groups excluding tert-OH is 3. The van der Waals surface area contributed by atoms with E-state index in [2.05, 4.69) is 0 Å². The van der Waals surface area contributed by atoms with E-state index in [0.717, 1.165) is 6.42 Å². The van der Waals surface area contributed by atoms with Crippen molar-refractivity contribution in [2.75, 3.05) is 6.61 Å². The summed E-state index contributed by atoms with van der Waals surface area (Å²) in [6.45, 7) is 5.47. The zero-order chi connectivity index (χ0) is 21.3. The van der Waals surface area contributed by atoms with Crippen molar-refractivity contribution in [1.29, 1.82) is 0 Å². The summed E-state index contributed by atoms with van der Waals surface area (Å²) in [5.74, 6) is -1.51. The molecule has 164 valence electrons. The van der Waals surface area contributed by atoms with E-state index < -0.39 is 41.7 Å². The van der Waals surface area contributed by atoms with E-state index in [1.807, 2.05) is 13.8 Å². The van der Waals surface area contributed by atoms with Crippen LogP contribution in [0.15, 0.2) is 11.3 Å². The summed E-state index contributed by atoms with van der Waals surface area (Å²) in [5.41, 5.74) is -0.669. The van der Waals surface area contributed by atoms with E-state index in [-0.39, 0.29) is 48.9 Å². The van der Waals surface area contributed by atoms with Gasteiger partial charge in [-0.15, -0.1) is 0 Å². The van der Waals surface area contributed by atoms with Gasteiger partial charge in [-0.1, -0.05) is 27.2 Å². The van der Waals surface area contributed by atoms with Crippen LogP contribution in [0.4, 0.5) is 0 Å². The van der Waals surface area contributed by atoms with Crippen LogP contribution in [0.3, 0.4) is 0 Å². The van der Waals surface area contributed by atoms with E-state index in [1.54, 1.807) is 6.92 Å². The molecule has 4 aliphatic rings. The molecule has 4 bridgehead atoms. The number of hydrogen-bond donors (Lipinski definition) is 3. The van der Waals surface area contributed by atoms with E-state index >= 15 is 0 Å². The summed E-state index contributed by atoms with van der Waals surface area (Å²) < 4.78 is 11.7. The van der Waals surface area contributed by atoms with Gasteiger partial charge >= 0.3 is 5.97 Å². The third-order valence-corrected chi connectivity index (χ3v) is 6.90. The second kappa shape index (κ2) is 8.74. The first-order valence-electron chi connectivity index (χ1n) is 10.8. The summed E-state index contributed by atoms with van der Waals surface area (Å²) in [6, 6.07) is 0. The minimum absolute atomic E-state index is 0.00303. The first-order valence-corrected chi connectivity index (χ1v) is 10.8. The fourth-order valence-electron chi connectivity index (χ4n) is 5.18. The van der Waals surface area contributed by atoms with E-state index in [1.165, 1.54) is 0 Å². The predicted molar refractivity (Wildman–Crippen MR) is 105 cm³/mol. The molecule has 7 unspecified atom stereocenters. The van der Waals surface area contributed by atoms with Gasteiger partial charge in [-0.2, -0.15) is 0 Å². The maximum Gasteiger partial charge on any atom is 0.337 e. The molecular weight excluding hydrogens is 376 g/mol. The number of esters is 1. The number of carbonyl (C=O) groups excluding carboxylic acids is 2. The van der Waals surface area contributed by atoms with Crippen molar-refractivity contribution in [3.05, 3.63) is 11.3 Å². The Morgan fingerprint density at radius 3 is 2.62 bits per heavy atom. The molecule has 4 rings (SSSR count). The van der Waals surface area contributed by atoms with Crippen molar-refractivity contribution >= 4 is 11.8 Å². The summed E-state index contributed by atoms with van der Waals surface area (Å²) in [6.07, 6.45) is 0.822. The Morgan fingerprint density at radius 2 is 1.97 bits per heavy atom. The predicted octanol–water partition coefficient (Wildman–Crippen LogP) is 2.44. The number of ketones is 1. The minimum Gasteiger partial charge on any atom is -0.511 e. The highest BCUT2D eigenvalue weighted by Gasteiger charge is 2.48. The summed E-state index contributed by atoms with van der Waals surface area (Å²) in [7, 11) is 0. The Morgan fingerprint density at radius 1 is 1.24 bits per heavy atom. The van der Waals surface area contributed by atoms with E-state index in [0.29, 0.717) is 19.3 Å². The molecular formula is C22H34O7. The largest absolute Gasteiger partial charge is 0.511 e. The van der Waals surface area contributed by atoms with Crippen molar-refractivity contribution in [2.24, 2.45) is 17.8 Å². The molecule has 7 atom stereocenters. The number of ether oxygens (including phenoxy) is 2. The Labute approximate surface area is 172 Å². The summed E-state index contributed by atoms with van der Waals surface area (Å²) in [5, 5.41) is 31.7. The smallest absolute Gasteiger partial charge is 0.337 e. The van der Waals surface area contributed by atoms with Gasteiger partial charge in [0, 0.05) is 12.3 Å². The number of rotatable bonds is 3. The van der Waals surface area contributed by atoms with Gasteiger partial charge in [0.25, 0.3) is 0 Å². The van der Waals surface area contributed by atoms with Crippen molar-refractivity contribution in [3.8, 4) is 0 Å². The molecule has 29 heavy (non-hydrogen) atoms. The minimum atomic E-state index is -0.882. The second-order valence-corrected chi connectivity index (χ2v) is 9.18. The monoisotopic (exact) mass is 410 g/mol. The molecule has 0 aromatic carbocycles. The van der Waals surface area contributed by atoms with Crippen molar-refractivity contribution in [2.45, 2.75) is 89.6 Å². The first kappa shape index (κ1) is 22.2. The van der Waals surface area contributed by atoms with Crippen LogP contribution < -0.4 is 0 Å². The molecule has 7 heteroatoms. The molecule has 0 saturated carbocycles. The lowest BCUT2D eigenvalue weighted by Gasteiger charge is -2.35. The Kier molecular flexibility index (Phi) is 6.70. The summed E-state index contributed by atoms with van der Waals surface area (Å²) >= 11 is 0. The maximum atomic E-state index is 12.8. The Bertz CT molecular complexity index is 672.